The van der Waals surface area contributed by atoms with Crippen LogP contribution in [0.2, 0.25) is 0 Å². The molecule has 8 heteroatoms. The van der Waals surface area contributed by atoms with Crippen molar-refractivity contribution in [1.82, 2.24) is 5.32 Å². The van der Waals surface area contributed by atoms with E-state index >= 15 is 0 Å². The van der Waals surface area contributed by atoms with Crippen LogP contribution in [0.5, 0.6) is 5.75 Å². The van der Waals surface area contributed by atoms with Gasteiger partial charge in [0.05, 0.1) is 18.1 Å². The number of carbonyl (C=O) groups excluding carboxylic acids is 2. The Morgan fingerprint density at radius 3 is 1.87 bits per heavy atom. The fourth-order valence-electron chi connectivity index (χ4n) is 4.37. The van der Waals surface area contributed by atoms with Gasteiger partial charge in [-0.1, -0.05) is 84.9 Å². The van der Waals surface area contributed by atoms with Crippen LogP contribution in [0.15, 0.2) is 97.1 Å². The summed E-state index contributed by atoms with van der Waals surface area (Å²) < 4.78 is 0. The molecular weight excluding hydrogens is 494 g/mol. The van der Waals surface area contributed by atoms with E-state index in [1.807, 2.05) is 60.7 Å². The van der Waals surface area contributed by atoms with Crippen LogP contribution in [-0.2, 0) is 28.9 Å². The molecule has 2 amide bonds. The first-order valence-electron chi connectivity index (χ1n) is 13.0. The van der Waals surface area contributed by atoms with Crippen LogP contribution < -0.4 is 16.8 Å². The molecule has 8 N–H and O–H groups in total. The Labute approximate surface area is 229 Å². The molecule has 3 rings (SSSR count). The fourth-order valence-corrected chi connectivity index (χ4v) is 4.37. The van der Waals surface area contributed by atoms with E-state index in [0.29, 0.717) is 6.42 Å². The number of aliphatic hydroxyl groups is 2. The molecule has 5 atom stereocenters. The third-order valence-corrected chi connectivity index (χ3v) is 6.50. The van der Waals surface area contributed by atoms with Crippen molar-refractivity contribution in [3.05, 3.63) is 114 Å². The number of aliphatic hydroxyl groups excluding tert-OH is 2. The zero-order chi connectivity index (χ0) is 28.2. The van der Waals surface area contributed by atoms with Gasteiger partial charge in [-0.25, -0.2) is 0 Å². The summed E-state index contributed by atoms with van der Waals surface area (Å²) in [5.41, 5.74) is 14.4. The van der Waals surface area contributed by atoms with Gasteiger partial charge in [-0.3, -0.25) is 9.59 Å². The summed E-state index contributed by atoms with van der Waals surface area (Å²) in [5, 5.41) is 33.6. The molecule has 0 heterocycles. The van der Waals surface area contributed by atoms with Crippen molar-refractivity contribution in [2.45, 2.75) is 50.0 Å². The Morgan fingerprint density at radius 2 is 1.31 bits per heavy atom. The average molecular weight is 532 g/mol. The van der Waals surface area contributed by atoms with Crippen molar-refractivity contribution < 1.29 is 24.9 Å². The standard InChI is InChI=1S/C31H37N3O5/c32-24(17-23-11-13-25(35)14-12-23)20-26(36)15-16-29(37)27(18-21-7-3-1-4-8-21)31(39)34-28(30(33)38)19-22-9-5-2-6-10-22/h1-16,24,26-29,35-37H,17-20,32H2,(H2,33,38)(H,34,39)/b16-15+/t24-,26+,27-,28?,29+/m0/s1. The van der Waals surface area contributed by atoms with E-state index in [2.05, 4.69) is 5.32 Å². The maximum atomic E-state index is 13.3. The molecule has 0 aliphatic rings. The topological polar surface area (TPSA) is 159 Å². The summed E-state index contributed by atoms with van der Waals surface area (Å²) in [6, 6.07) is 23.8. The Bertz CT molecular complexity index is 1200. The highest BCUT2D eigenvalue weighted by molar-refractivity contribution is 5.88. The first-order valence-corrected chi connectivity index (χ1v) is 13.0. The summed E-state index contributed by atoms with van der Waals surface area (Å²) in [6.45, 7) is 0. The maximum absolute atomic E-state index is 13.3. The quantitative estimate of drug-likeness (QED) is 0.175. The fraction of sp³-hybridized carbons (Fsp3) is 0.290. The third kappa shape index (κ3) is 10.0. The third-order valence-electron chi connectivity index (χ3n) is 6.50. The van der Waals surface area contributed by atoms with Crippen molar-refractivity contribution in [2.24, 2.45) is 17.4 Å². The highest BCUT2D eigenvalue weighted by Crippen LogP contribution is 2.17. The summed E-state index contributed by atoms with van der Waals surface area (Å²) in [7, 11) is 0. The lowest BCUT2D eigenvalue weighted by molar-refractivity contribution is -0.131. The van der Waals surface area contributed by atoms with Gasteiger partial charge in [-0.2, -0.15) is 0 Å². The van der Waals surface area contributed by atoms with Gasteiger partial charge in [0.2, 0.25) is 11.8 Å². The average Bonchev–Trinajstić information content (AvgIpc) is 2.92. The first kappa shape index (κ1) is 29.6. The molecular formula is C31H37N3O5. The number of phenolic OH excluding ortho intramolecular Hbond substituents is 1. The summed E-state index contributed by atoms with van der Waals surface area (Å²) in [4.78, 5) is 25.5. The van der Waals surface area contributed by atoms with E-state index in [9.17, 15) is 24.9 Å². The Kier molecular flexibility index (Phi) is 11.2. The number of hydrogen-bond acceptors (Lipinski definition) is 6. The molecule has 206 valence electrons. The Hall–Kier alpha value is -3.98. The maximum Gasteiger partial charge on any atom is 0.240 e. The minimum Gasteiger partial charge on any atom is -0.508 e. The molecule has 39 heavy (non-hydrogen) atoms. The number of hydrogen-bond donors (Lipinski definition) is 6. The lowest BCUT2D eigenvalue weighted by Crippen LogP contribution is -2.50. The molecule has 0 saturated carbocycles. The minimum absolute atomic E-state index is 0.167. The van der Waals surface area contributed by atoms with Crippen molar-refractivity contribution >= 4 is 11.8 Å². The molecule has 1 unspecified atom stereocenters. The number of nitrogens with one attached hydrogen (secondary N) is 1. The minimum atomic E-state index is -1.24. The van der Waals surface area contributed by atoms with Gasteiger partial charge < -0.3 is 32.1 Å². The van der Waals surface area contributed by atoms with Gasteiger partial charge in [0.25, 0.3) is 0 Å². The van der Waals surface area contributed by atoms with Gasteiger partial charge >= 0.3 is 0 Å². The second kappa shape index (κ2) is 14.8. The van der Waals surface area contributed by atoms with Crippen molar-refractivity contribution in [3.63, 3.8) is 0 Å². The van der Waals surface area contributed by atoms with Crippen LogP contribution in [0, 0.1) is 5.92 Å². The number of rotatable bonds is 14. The number of carbonyl (C=O) groups is 2. The molecule has 0 fully saturated rings. The van der Waals surface area contributed by atoms with E-state index in [-0.39, 0.29) is 31.1 Å². The van der Waals surface area contributed by atoms with E-state index in [1.165, 1.54) is 12.2 Å². The highest BCUT2D eigenvalue weighted by atomic mass is 16.3. The second-order valence-electron chi connectivity index (χ2n) is 9.76. The predicted molar refractivity (Wildman–Crippen MR) is 150 cm³/mol. The molecule has 0 aliphatic carbocycles. The lowest BCUT2D eigenvalue weighted by atomic mass is 9.91. The van der Waals surface area contributed by atoms with Crippen LogP contribution in [0.1, 0.15) is 23.1 Å². The first-order chi connectivity index (χ1) is 18.7. The van der Waals surface area contributed by atoms with Crippen molar-refractivity contribution in [3.8, 4) is 5.75 Å². The van der Waals surface area contributed by atoms with Gasteiger partial charge in [0.1, 0.15) is 11.8 Å². The largest absolute Gasteiger partial charge is 0.508 e. The van der Waals surface area contributed by atoms with E-state index in [4.69, 9.17) is 11.5 Å². The molecule has 0 spiro atoms. The van der Waals surface area contributed by atoms with Crippen LogP contribution in [0.4, 0.5) is 0 Å². The van der Waals surface area contributed by atoms with E-state index < -0.39 is 36.0 Å². The molecule has 3 aromatic carbocycles. The molecule has 0 aliphatic heterocycles. The van der Waals surface area contributed by atoms with Crippen molar-refractivity contribution in [2.75, 3.05) is 0 Å². The number of phenols is 1. The van der Waals surface area contributed by atoms with Crippen LogP contribution >= 0.6 is 0 Å². The highest BCUT2D eigenvalue weighted by Gasteiger charge is 2.29. The van der Waals surface area contributed by atoms with Crippen LogP contribution in [0.3, 0.4) is 0 Å². The van der Waals surface area contributed by atoms with Crippen LogP contribution in [0.25, 0.3) is 0 Å². The summed E-state index contributed by atoms with van der Waals surface area (Å²) in [5.74, 6) is -1.96. The molecule has 0 aromatic heterocycles. The number of nitrogens with two attached hydrogens (primary N) is 2. The number of primary amides is 1. The molecule has 3 aromatic rings. The van der Waals surface area contributed by atoms with Crippen LogP contribution in [-0.4, -0.2) is 51.4 Å². The molecule has 0 saturated heterocycles. The van der Waals surface area contributed by atoms with Gasteiger partial charge in [-0.05, 0) is 48.1 Å². The van der Waals surface area contributed by atoms with Gasteiger partial charge in [-0.15, -0.1) is 0 Å². The monoisotopic (exact) mass is 531 g/mol. The predicted octanol–water partition coefficient (Wildman–Crippen LogP) is 2.00. The Balaban J connectivity index is 1.67. The molecule has 8 nitrogen and oxygen atoms in total. The molecule has 0 bridgehead atoms. The number of amides is 2. The van der Waals surface area contributed by atoms with Gasteiger partial charge in [0, 0.05) is 12.5 Å². The second-order valence-corrected chi connectivity index (χ2v) is 9.76. The summed E-state index contributed by atoms with van der Waals surface area (Å²) >= 11 is 0. The number of benzene rings is 3. The summed E-state index contributed by atoms with van der Waals surface area (Å²) in [6.07, 6.45) is 1.82. The SMILES string of the molecule is NC(=O)C(Cc1ccccc1)NC(=O)[C@@H](Cc1ccccc1)[C@H](O)/C=C/[C@@H](O)C[C@@H](N)Cc1ccc(O)cc1. The van der Waals surface area contributed by atoms with E-state index in [0.717, 1.165) is 16.7 Å². The zero-order valence-corrected chi connectivity index (χ0v) is 21.8. The Morgan fingerprint density at radius 1 is 0.769 bits per heavy atom. The number of aromatic hydroxyl groups is 1. The smallest absolute Gasteiger partial charge is 0.240 e. The lowest BCUT2D eigenvalue weighted by Gasteiger charge is -2.24. The van der Waals surface area contributed by atoms with Gasteiger partial charge in [0.15, 0.2) is 0 Å². The van der Waals surface area contributed by atoms with E-state index in [1.54, 1.807) is 24.3 Å². The zero-order valence-electron chi connectivity index (χ0n) is 21.8. The molecule has 0 radical (unpaired) electrons. The van der Waals surface area contributed by atoms with Crippen molar-refractivity contribution in [1.29, 1.82) is 0 Å². The normalized spacial score (nSPS) is 15.3.